The van der Waals surface area contributed by atoms with Crippen LogP contribution in [0, 0.1) is 5.92 Å². The number of ether oxygens (including phenoxy) is 1. The van der Waals surface area contributed by atoms with Crippen molar-refractivity contribution < 1.29 is 14.3 Å². The Balaban J connectivity index is 1.30. The Morgan fingerprint density at radius 2 is 1.75 bits per heavy atom. The second-order valence-electron chi connectivity index (χ2n) is 11.4. The van der Waals surface area contributed by atoms with E-state index in [4.69, 9.17) is 16.3 Å². The fourth-order valence-electron chi connectivity index (χ4n) is 5.78. The van der Waals surface area contributed by atoms with Crippen molar-refractivity contribution >= 4 is 46.7 Å². The van der Waals surface area contributed by atoms with Gasteiger partial charge in [-0.15, -0.1) is 0 Å². The SMILES string of the molecule is CCN(CC)CCOc1ccc(Nc2ncc3c(n2)N(C)C(=O)NC3c2cc(NC(=O)C3CCCCCC3)ccc2Cl)cc1. The molecule has 1 atom stereocenters. The monoisotopic (exact) mass is 619 g/mol. The molecule has 1 unspecified atom stereocenters. The van der Waals surface area contributed by atoms with Gasteiger partial charge in [0.25, 0.3) is 0 Å². The first-order valence-corrected chi connectivity index (χ1v) is 16.0. The van der Waals surface area contributed by atoms with E-state index >= 15 is 0 Å². The van der Waals surface area contributed by atoms with Gasteiger partial charge in [-0.2, -0.15) is 4.98 Å². The van der Waals surface area contributed by atoms with E-state index < -0.39 is 6.04 Å². The summed E-state index contributed by atoms with van der Waals surface area (Å²) in [4.78, 5) is 39.1. The van der Waals surface area contributed by atoms with E-state index in [0.29, 0.717) is 40.2 Å². The predicted molar refractivity (Wildman–Crippen MR) is 175 cm³/mol. The number of fused-ring (bicyclic) bond motifs is 1. The van der Waals surface area contributed by atoms with Crippen LogP contribution in [0.3, 0.4) is 0 Å². The van der Waals surface area contributed by atoms with Crippen molar-refractivity contribution in [3.63, 3.8) is 0 Å². The first kappa shape index (κ1) is 31.5. The summed E-state index contributed by atoms with van der Waals surface area (Å²) in [5, 5.41) is 9.78. The summed E-state index contributed by atoms with van der Waals surface area (Å²) in [7, 11) is 1.66. The minimum atomic E-state index is -0.585. The molecule has 11 heteroatoms. The molecule has 234 valence electrons. The van der Waals surface area contributed by atoms with Crippen molar-refractivity contribution in [2.24, 2.45) is 5.92 Å². The van der Waals surface area contributed by atoms with Gasteiger partial charge in [0, 0.05) is 47.7 Å². The van der Waals surface area contributed by atoms with Gasteiger partial charge in [-0.05, 0) is 74.0 Å². The average Bonchev–Trinajstić information content (AvgIpc) is 3.33. The van der Waals surface area contributed by atoms with Crippen molar-refractivity contribution in [2.75, 3.05) is 48.8 Å². The lowest BCUT2D eigenvalue weighted by Gasteiger charge is -2.32. The van der Waals surface area contributed by atoms with Crippen LogP contribution >= 0.6 is 11.6 Å². The highest BCUT2D eigenvalue weighted by Crippen LogP contribution is 2.38. The molecule has 3 N–H and O–H groups in total. The molecule has 3 aromatic rings. The van der Waals surface area contributed by atoms with Gasteiger partial charge < -0.3 is 25.6 Å². The summed E-state index contributed by atoms with van der Waals surface area (Å²) in [6.07, 6.45) is 8.04. The molecular formula is C33H42ClN7O3. The van der Waals surface area contributed by atoms with E-state index in [9.17, 15) is 9.59 Å². The molecular weight excluding hydrogens is 578 g/mol. The van der Waals surface area contributed by atoms with Crippen molar-refractivity contribution in [3.05, 3.63) is 64.8 Å². The number of hydrogen-bond acceptors (Lipinski definition) is 7. The van der Waals surface area contributed by atoms with Crippen molar-refractivity contribution in [1.29, 1.82) is 0 Å². The Kier molecular flexibility index (Phi) is 10.6. The molecule has 3 amide bonds. The molecule has 44 heavy (non-hydrogen) atoms. The van der Waals surface area contributed by atoms with Gasteiger partial charge in [-0.25, -0.2) is 9.78 Å². The van der Waals surface area contributed by atoms with E-state index in [0.717, 1.165) is 56.8 Å². The fourth-order valence-corrected chi connectivity index (χ4v) is 6.01. The number of amides is 3. The van der Waals surface area contributed by atoms with E-state index in [1.165, 1.54) is 17.7 Å². The van der Waals surface area contributed by atoms with Crippen molar-refractivity contribution in [1.82, 2.24) is 20.2 Å². The molecule has 5 rings (SSSR count). The van der Waals surface area contributed by atoms with E-state index in [2.05, 4.69) is 44.7 Å². The number of rotatable bonds is 11. The number of carbonyl (C=O) groups excluding carboxylic acids is 2. The molecule has 1 fully saturated rings. The molecule has 0 spiro atoms. The van der Waals surface area contributed by atoms with Crippen LogP contribution < -0.4 is 25.6 Å². The average molecular weight is 620 g/mol. The minimum absolute atomic E-state index is 0.0148. The summed E-state index contributed by atoms with van der Waals surface area (Å²) >= 11 is 6.66. The van der Waals surface area contributed by atoms with Gasteiger partial charge in [-0.3, -0.25) is 9.69 Å². The van der Waals surface area contributed by atoms with Gasteiger partial charge >= 0.3 is 6.03 Å². The minimum Gasteiger partial charge on any atom is -0.492 e. The van der Waals surface area contributed by atoms with Crippen molar-refractivity contribution in [2.45, 2.75) is 58.4 Å². The number of benzene rings is 2. The Labute approximate surface area is 264 Å². The van der Waals surface area contributed by atoms with Crippen LogP contribution in [-0.2, 0) is 4.79 Å². The highest BCUT2D eigenvalue weighted by Gasteiger charge is 2.33. The molecule has 10 nitrogen and oxygen atoms in total. The normalized spacial score (nSPS) is 17.1. The fraction of sp³-hybridized carbons (Fsp3) is 0.455. The van der Waals surface area contributed by atoms with Crippen LogP contribution in [0.1, 0.15) is 69.5 Å². The Hall–Kier alpha value is -3.89. The zero-order chi connectivity index (χ0) is 31.1. The third kappa shape index (κ3) is 7.60. The van der Waals surface area contributed by atoms with Crippen LogP contribution in [0.15, 0.2) is 48.7 Å². The first-order chi connectivity index (χ1) is 21.4. The third-order valence-electron chi connectivity index (χ3n) is 8.48. The standard InChI is InChI=1S/C33H42ClN7O3/c1-4-41(5-2)18-19-44-25-15-12-23(13-16-25)37-32-35-21-27-29(38-33(43)40(3)30(27)39-32)26-20-24(14-17-28(26)34)36-31(42)22-10-8-6-7-9-11-22/h12-17,20-22,29H,4-11,18-19H2,1-3H3,(H,36,42)(H,38,43)(H,35,37,39). The maximum atomic E-state index is 13.0. The van der Waals surface area contributed by atoms with Gasteiger partial charge in [-0.1, -0.05) is 51.1 Å². The van der Waals surface area contributed by atoms with Crippen LogP contribution in [0.5, 0.6) is 5.75 Å². The molecule has 1 aliphatic heterocycles. The molecule has 0 bridgehead atoms. The number of halogens is 1. The largest absolute Gasteiger partial charge is 0.492 e. The lowest BCUT2D eigenvalue weighted by molar-refractivity contribution is -0.120. The van der Waals surface area contributed by atoms with Crippen molar-refractivity contribution in [3.8, 4) is 5.75 Å². The van der Waals surface area contributed by atoms with E-state index in [1.807, 2.05) is 30.3 Å². The smallest absolute Gasteiger partial charge is 0.323 e. The van der Waals surface area contributed by atoms with E-state index in [1.54, 1.807) is 25.4 Å². The summed E-state index contributed by atoms with van der Waals surface area (Å²) in [6, 6.07) is 12.1. The number of urea groups is 1. The van der Waals surface area contributed by atoms with E-state index in [-0.39, 0.29) is 17.9 Å². The molecule has 1 aliphatic carbocycles. The Morgan fingerprint density at radius 1 is 1.05 bits per heavy atom. The predicted octanol–water partition coefficient (Wildman–Crippen LogP) is 6.75. The molecule has 0 radical (unpaired) electrons. The highest BCUT2D eigenvalue weighted by molar-refractivity contribution is 6.31. The quantitative estimate of drug-likeness (QED) is 0.204. The Bertz CT molecular complexity index is 1440. The molecule has 1 saturated carbocycles. The topological polar surface area (TPSA) is 112 Å². The number of anilines is 4. The molecule has 0 saturated heterocycles. The second-order valence-corrected chi connectivity index (χ2v) is 11.8. The Morgan fingerprint density at radius 3 is 2.45 bits per heavy atom. The molecule has 2 heterocycles. The number of nitrogens with one attached hydrogen (secondary N) is 3. The summed E-state index contributed by atoms with van der Waals surface area (Å²) in [5.74, 6) is 1.66. The number of hydrogen-bond donors (Lipinski definition) is 3. The highest BCUT2D eigenvalue weighted by atomic mass is 35.5. The summed E-state index contributed by atoms with van der Waals surface area (Å²) in [5.41, 5.74) is 2.80. The molecule has 2 aromatic carbocycles. The third-order valence-corrected chi connectivity index (χ3v) is 8.82. The van der Waals surface area contributed by atoms with Gasteiger partial charge in [0.15, 0.2) is 0 Å². The summed E-state index contributed by atoms with van der Waals surface area (Å²) in [6.45, 7) is 7.79. The van der Waals surface area contributed by atoms with Crippen LogP contribution in [0.2, 0.25) is 5.02 Å². The number of likely N-dealkylation sites (N-methyl/N-ethyl adjacent to an activating group) is 1. The number of aromatic nitrogens is 2. The maximum Gasteiger partial charge on any atom is 0.323 e. The molecule has 1 aromatic heterocycles. The van der Waals surface area contributed by atoms with Gasteiger partial charge in [0.2, 0.25) is 11.9 Å². The van der Waals surface area contributed by atoms with Crippen LogP contribution in [0.4, 0.5) is 27.9 Å². The van der Waals surface area contributed by atoms with Gasteiger partial charge in [0.1, 0.15) is 18.2 Å². The van der Waals surface area contributed by atoms with Gasteiger partial charge in [0.05, 0.1) is 6.04 Å². The lowest BCUT2D eigenvalue weighted by Crippen LogP contribution is -2.45. The summed E-state index contributed by atoms with van der Waals surface area (Å²) < 4.78 is 5.89. The van der Waals surface area contributed by atoms with Crippen LogP contribution in [0.25, 0.3) is 0 Å². The zero-order valence-electron chi connectivity index (χ0n) is 25.7. The lowest BCUT2D eigenvalue weighted by atomic mass is 9.97. The molecule has 2 aliphatic rings. The second kappa shape index (κ2) is 14.7. The number of carbonyl (C=O) groups is 2. The zero-order valence-corrected chi connectivity index (χ0v) is 26.5. The van der Waals surface area contributed by atoms with Crippen LogP contribution in [-0.4, -0.2) is 60.1 Å². The number of nitrogens with zero attached hydrogens (tertiary/aromatic N) is 4. The first-order valence-electron chi connectivity index (χ1n) is 15.6. The maximum absolute atomic E-state index is 13.0.